The molecule has 4 heterocycles. The molecule has 0 spiro atoms. The van der Waals surface area contributed by atoms with Crippen LogP contribution in [0.25, 0.3) is 10.6 Å². The van der Waals surface area contributed by atoms with Crippen molar-refractivity contribution in [1.29, 1.82) is 0 Å². The summed E-state index contributed by atoms with van der Waals surface area (Å²) in [6.07, 6.45) is 2.81. The molecule has 3 aromatic rings. The first kappa shape index (κ1) is 17.7. The number of amides is 1. The zero-order valence-corrected chi connectivity index (χ0v) is 15.7. The first-order valence-corrected chi connectivity index (χ1v) is 10.3. The Bertz CT molecular complexity index is 1090. The predicted molar refractivity (Wildman–Crippen MR) is 102 cm³/mol. The van der Waals surface area contributed by atoms with Crippen molar-refractivity contribution in [1.82, 2.24) is 9.29 Å². The fraction of sp³-hybridized carbons (Fsp3) is 0.111. The lowest BCUT2D eigenvalue weighted by atomic mass is 10.3. The molecule has 4 rings (SSSR count). The van der Waals surface area contributed by atoms with Gasteiger partial charge in [-0.15, -0.1) is 11.3 Å². The van der Waals surface area contributed by atoms with E-state index >= 15 is 0 Å². The molecule has 1 aliphatic heterocycles. The monoisotopic (exact) mass is 401 g/mol. The van der Waals surface area contributed by atoms with Crippen LogP contribution in [0.3, 0.4) is 0 Å². The summed E-state index contributed by atoms with van der Waals surface area (Å²) in [5.74, 6) is 0.433. The molecule has 3 aromatic heterocycles. The number of nitrogens with one attached hydrogen (secondary N) is 1. The molecule has 27 heavy (non-hydrogen) atoms. The number of rotatable bonds is 5. The molecule has 0 fully saturated rings. The Morgan fingerprint density at radius 1 is 1.30 bits per heavy atom. The average Bonchev–Trinajstić information content (AvgIpc) is 3.37. The third-order valence-corrected chi connectivity index (χ3v) is 7.45. The smallest absolute Gasteiger partial charge is 0.253 e. The van der Waals surface area contributed by atoms with Crippen molar-refractivity contribution in [3.63, 3.8) is 0 Å². The average molecular weight is 401 g/mol. The molecule has 1 aliphatic rings. The van der Waals surface area contributed by atoms with Gasteiger partial charge in [0.1, 0.15) is 9.97 Å². The summed E-state index contributed by atoms with van der Waals surface area (Å²) in [5, 5.41) is 2.53. The lowest BCUT2D eigenvalue weighted by Crippen LogP contribution is -2.25. The Kier molecular flexibility index (Phi) is 4.42. The van der Waals surface area contributed by atoms with E-state index in [1.807, 2.05) is 18.2 Å². The minimum atomic E-state index is -3.64. The Balaban J connectivity index is 1.53. The number of carbonyl (C=O) groups excluding carboxylic acids is 1. The zero-order chi connectivity index (χ0) is 19.0. The summed E-state index contributed by atoms with van der Waals surface area (Å²) in [6, 6.07) is 10.5. The summed E-state index contributed by atoms with van der Waals surface area (Å²) in [4.78, 5) is 16.4. The maximum atomic E-state index is 12.9. The Hall–Kier alpha value is -2.75. The van der Waals surface area contributed by atoms with Gasteiger partial charge in [-0.1, -0.05) is 12.6 Å². The quantitative estimate of drug-likeness (QED) is 0.663. The standard InChI is InChI=1S/C18H15N3O4S2/c1-2-16(22)20-17-9-12-10-21(11-14(12)25-17)27(23,24)18-7-6-15(26-18)13-5-3-4-8-19-13/h2-9H,1,10-11H2,(H,20,22). The molecule has 138 valence electrons. The lowest BCUT2D eigenvalue weighted by Gasteiger charge is -2.14. The molecule has 7 nitrogen and oxygen atoms in total. The first-order valence-electron chi connectivity index (χ1n) is 8.04. The highest BCUT2D eigenvalue weighted by Crippen LogP contribution is 2.36. The topological polar surface area (TPSA) is 92.5 Å². The van der Waals surface area contributed by atoms with Gasteiger partial charge in [0.05, 0.1) is 17.1 Å². The van der Waals surface area contributed by atoms with Gasteiger partial charge in [0, 0.05) is 24.4 Å². The van der Waals surface area contributed by atoms with E-state index in [1.54, 1.807) is 24.4 Å². The van der Waals surface area contributed by atoms with Crippen molar-refractivity contribution in [3.05, 3.63) is 66.6 Å². The second-order valence-corrected chi connectivity index (χ2v) is 9.11. The molecule has 9 heteroatoms. The van der Waals surface area contributed by atoms with Gasteiger partial charge in [0.2, 0.25) is 5.91 Å². The second kappa shape index (κ2) is 6.76. The summed E-state index contributed by atoms with van der Waals surface area (Å²) in [5.41, 5.74) is 1.47. The number of nitrogens with zero attached hydrogens (tertiary/aromatic N) is 2. The van der Waals surface area contributed by atoms with Crippen LogP contribution in [0.5, 0.6) is 0 Å². The maximum Gasteiger partial charge on any atom is 0.253 e. The highest BCUT2D eigenvalue weighted by molar-refractivity contribution is 7.91. The number of thiophene rings is 1. The minimum absolute atomic E-state index is 0.123. The summed E-state index contributed by atoms with van der Waals surface area (Å²) in [7, 11) is -3.64. The Labute approximate surface area is 160 Å². The molecule has 0 bridgehead atoms. The van der Waals surface area contributed by atoms with Crippen LogP contribution in [-0.2, 0) is 27.9 Å². The molecule has 0 unspecified atom stereocenters. The van der Waals surface area contributed by atoms with Crippen LogP contribution in [0.4, 0.5) is 5.88 Å². The van der Waals surface area contributed by atoms with Gasteiger partial charge in [0.25, 0.3) is 10.0 Å². The minimum Gasteiger partial charge on any atom is -0.444 e. The predicted octanol–water partition coefficient (Wildman–Crippen LogP) is 3.23. The van der Waals surface area contributed by atoms with Crippen LogP contribution < -0.4 is 5.32 Å². The lowest BCUT2D eigenvalue weighted by molar-refractivity contribution is -0.112. The first-order chi connectivity index (χ1) is 13.0. The van der Waals surface area contributed by atoms with Crippen molar-refractivity contribution in [3.8, 4) is 10.6 Å². The van der Waals surface area contributed by atoms with E-state index < -0.39 is 10.0 Å². The van der Waals surface area contributed by atoms with E-state index in [1.165, 1.54) is 15.6 Å². The fourth-order valence-electron chi connectivity index (χ4n) is 2.78. The van der Waals surface area contributed by atoms with Gasteiger partial charge in [-0.05, 0) is 30.3 Å². The molecule has 0 radical (unpaired) electrons. The van der Waals surface area contributed by atoms with Gasteiger partial charge in [0.15, 0.2) is 5.88 Å². The molecule has 0 atom stereocenters. The van der Waals surface area contributed by atoms with E-state index in [9.17, 15) is 13.2 Å². The Morgan fingerprint density at radius 3 is 2.85 bits per heavy atom. The van der Waals surface area contributed by atoms with E-state index in [0.29, 0.717) is 5.76 Å². The van der Waals surface area contributed by atoms with Crippen LogP contribution in [-0.4, -0.2) is 23.6 Å². The number of sulfonamides is 1. The maximum absolute atomic E-state index is 12.9. The number of hydrogen-bond acceptors (Lipinski definition) is 6. The number of pyridine rings is 1. The van der Waals surface area contributed by atoms with Crippen LogP contribution in [0.1, 0.15) is 11.3 Å². The van der Waals surface area contributed by atoms with Crippen LogP contribution in [0.15, 0.2) is 63.9 Å². The van der Waals surface area contributed by atoms with Crippen molar-refractivity contribution in [2.75, 3.05) is 5.32 Å². The van der Waals surface area contributed by atoms with E-state index in [0.717, 1.165) is 22.2 Å². The van der Waals surface area contributed by atoms with E-state index in [2.05, 4.69) is 16.9 Å². The number of anilines is 1. The third-order valence-electron chi connectivity index (χ3n) is 4.09. The van der Waals surface area contributed by atoms with Gasteiger partial charge >= 0.3 is 0 Å². The summed E-state index contributed by atoms with van der Waals surface area (Å²) < 4.78 is 33.0. The molecular weight excluding hydrogens is 386 g/mol. The summed E-state index contributed by atoms with van der Waals surface area (Å²) >= 11 is 1.18. The van der Waals surface area contributed by atoms with Gasteiger partial charge in [-0.2, -0.15) is 4.31 Å². The van der Waals surface area contributed by atoms with Crippen molar-refractivity contribution >= 4 is 33.2 Å². The third kappa shape index (κ3) is 3.32. The fourth-order valence-corrected chi connectivity index (χ4v) is 5.59. The number of hydrogen-bond donors (Lipinski definition) is 1. The van der Waals surface area contributed by atoms with Crippen LogP contribution >= 0.6 is 11.3 Å². The zero-order valence-electron chi connectivity index (χ0n) is 14.1. The molecule has 0 aromatic carbocycles. The highest BCUT2D eigenvalue weighted by Gasteiger charge is 2.34. The number of aromatic nitrogens is 1. The number of carbonyl (C=O) groups is 1. The second-order valence-electron chi connectivity index (χ2n) is 5.86. The van der Waals surface area contributed by atoms with Crippen LogP contribution in [0.2, 0.25) is 0 Å². The van der Waals surface area contributed by atoms with Crippen molar-refractivity contribution in [2.24, 2.45) is 0 Å². The van der Waals surface area contributed by atoms with Crippen molar-refractivity contribution < 1.29 is 17.6 Å². The largest absolute Gasteiger partial charge is 0.444 e. The van der Waals surface area contributed by atoms with Crippen molar-refractivity contribution in [2.45, 2.75) is 17.3 Å². The Morgan fingerprint density at radius 2 is 2.15 bits per heavy atom. The summed E-state index contributed by atoms with van der Waals surface area (Å²) in [6.45, 7) is 3.70. The van der Waals surface area contributed by atoms with E-state index in [4.69, 9.17) is 4.42 Å². The molecule has 1 amide bonds. The molecular formula is C18H15N3O4S2. The van der Waals surface area contributed by atoms with Crippen LogP contribution in [0, 0.1) is 0 Å². The normalized spacial score (nSPS) is 14.1. The molecule has 0 saturated heterocycles. The SMILES string of the molecule is C=CC(=O)Nc1cc2c(o1)CN(S(=O)(=O)c1ccc(-c3ccccn3)s1)C2. The highest BCUT2D eigenvalue weighted by atomic mass is 32.2. The van der Waals surface area contributed by atoms with E-state index in [-0.39, 0.29) is 29.1 Å². The van der Waals surface area contributed by atoms with Gasteiger partial charge < -0.3 is 4.42 Å². The number of fused-ring (bicyclic) bond motifs is 1. The number of furan rings is 1. The molecule has 1 N–H and O–H groups in total. The molecule has 0 aliphatic carbocycles. The van der Waals surface area contributed by atoms with Gasteiger partial charge in [-0.25, -0.2) is 8.42 Å². The van der Waals surface area contributed by atoms with Gasteiger partial charge in [-0.3, -0.25) is 15.1 Å². The molecule has 0 saturated carbocycles.